The summed E-state index contributed by atoms with van der Waals surface area (Å²) < 4.78 is 21.5. The van der Waals surface area contributed by atoms with Crippen molar-refractivity contribution in [2.45, 2.75) is 6.10 Å². The minimum absolute atomic E-state index is 0.0995. The van der Waals surface area contributed by atoms with Crippen LogP contribution in [0, 0.1) is 0 Å². The highest BCUT2D eigenvalue weighted by molar-refractivity contribution is 9.13. The third-order valence-electron chi connectivity index (χ3n) is 1.01. The number of halogens is 1. The van der Waals surface area contributed by atoms with Gasteiger partial charge in [0.15, 0.2) is 9.84 Å². The molecule has 0 fully saturated rings. The Bertz CT molecular complexity index is 241. The summed E-state index contributed by atoms with van der Waals surface area (Å²) >= 11 is 2.81. The lowest BCUT2D eigenvalue weighted by molar-refractivity contribution is 0.249. The predicted octanol–water partition coefficient (Wildman–Crippen LogP) is 0.0120. The molecule has 1 aliphatic heterocycles. The van der Waals surface area contributed by atoms with Crippen molar-refractivity contribution in [3.8, 4) is 0 Å². The van der Waals surface area contributed by atoms with Crippen molar-refractivity contribution in [3.05, 3.63) is 9.89 Å². The molecule has 1 heterocycles. The Morgan fingerprint density at radius 1 is 1.78 bits per heavy atom. The molecular weight excluding hydrogens is 208 g/mol. The van der Waals surface area contributed by atoms with Gasteiger partial charge in [0.1, 0.15) is 3.81 Å². The molecule has 0 amide bonds. The van der Waals surface area contributed by atoms with Gasteiger partial charge in [-0.25, -0.2) is 8.42 Å². The summed E-state index contributed by atoms with van der Waals surface area (Å²) in [7, 11) is -3.15. The van der Waals surface area contributed by atoms with E-state index in [1.165, 1.54) is 6.08 Å². The Balaban J connectivity index is 3.04. The molecule has 0 radical (unpaired) electrons. The molecule has 0 aromatic carbocycles. The maximum absolute atomic E-state index is 10.7. The van der Waals surface area contributed by atoms with Gasteiger partial charge >= 0.3 is 0 Å². The summed E-state index contributed by atoms with van der Waals surface area (Å²) in [5.41, 5.74) is 0. The molecule has 3 nitrogen and oxygen atoms in total. The molecule has 0 aromatic heterocycles. The fourth-order valence-electron chi connectivity index (χ4n) is 0.607. The first-order valence-corrected chi connectivity index (χ1v) is 4.75. The van der Waals surface area contributed by atoms with Gasteiger partial charge < -0.3 is 5.11 Å². The second-order valence-electron chi connectivity index (χ2n) is 1.82. The first kappa shape index (κ1) is 7.24. The van der Waals surface area contributed by atoms with E-state index in [9.17, 15) is 8.42 Å². The van der Waals surface area contributed by atoms with E-state index in [0.29, 0.717) is 0 Å². The van der Waals surface area contributed by atoms with Crippen LogP contribution in [0.5, 0.6) is 0 Å². The van der Waals surface area contributed by atoms with Gasteiger partial charge in [-0.1, -0.05) is 0 Å². The third-order valence-corrected chi connectivity index (χ3v) is 4.27. The SMILES string of the molecule is O=S1(=O)C[C@H](O)C=C1Br. The van der Waals surface area contributed by atoms with Gasteiger partial charge in [-0.2, -0.15) is 0 Å². The lowest BCUT2D eigenvalue weighted by Crippen LogP contribution is -2.09. The highest BCUT2D eigenvalue weighted by atomic mass is 79.9. The Morgan fingerprint density at radius 2 is 2.33 bits per heavy atom. The van der Waals surface area contributed by atoms with E-state index < -0.39 is 15.9 Å². The molecule has 0 saturated carbocycles. The molecule has 1 aliphatic rings. The van der Waals surface area contributed by atoms with Crippen LogP contribution in [0.1, 0.15) is 0 Å². The smallest absolute Gasteiger partial charge is 0.187 e. The second-order valence-corrected chi connectivity index (χ2v) is 5.20. The second kappa shape index (κ2) is 2.07. The van der Waals surface area contributed by atoms with Gasteiger partial charge in [-0.15, -0.1) is 0 Å². The average molecular weight is 213 g/mol. The number of hydrogen-bond acceptors (Lipinski definition) is 3. The van der Waals surface area contributed by atoms with Crippen LogP contribution in [-0.4, -0.2) is 25.4 Å². The Morgan fingerprint density at radius 3 is 2.44 bits per heavy atom. The first-order valence-electron chi connectivity index (χ1n) is 2.30. The lowest BCUT2D eigenvalue weighted by Gasteiger charge is -1.91. The van der Waals surface area contributed by atoms with E-state index in [1.807, 2.05) is 0 Å². The fraction of sp³-hybridized carbons (Fsp3) is 0.500. The van der Waals surface area contributed by atoms with Crippen LogP contribution in [0.4, 0.5) is 0 Å². The van der Waals surface area contributed by atoms with E-state index >= 15 is 0 Å². The fourth-order valence-corrected chi connectivity index (χ4v) is 2.38. The van der Waals surface area contributed by atoms with E-state index in [0.717, 1.165) is 0 Å². The minimum Gasteiger partial charge on any atom is -0.388 e. The zero-order valence-electron chi connectivity index (χ0n) is 4.41. The maximum atomic E-state index is 10.7. The van der Waals surface area contributed by atoms with Gasteiger partial charge in [-0.3, -0.25) is 0 Å². The molecule has 0 unspecified atom stereocenters. The summed E-state index contributed by atoms with van der Waals surface area (Å²) in [6, 6.07) is 0. The van der Waals surface area contributed by atoms with Gasteiger partial charge in [0.05, 0.1) is 11.9 Å². The summed E-state index contributed by atoms with van der Waals surface area (Å²) in [4.78, 5) is 0. The van der Waals surface area contributed by atoms with Crippen LogP contribution >= 0.6 is 15.9 Å². The standard InChI is InChI=1S/C4H5BrO3S/c5-4-1-3(6)2-9(4,7)8/h1,3,6H,2H2/t3-/m1/s1. The van der Waals surface area contributed by atoms with Crippen molar-refractivity contribution in [1.82, 2.24) is 0 Å². The Kier molecular flexibility index (Phi) is 1.67. The predicted molar refractivity (Wildman–Crippen MR) is 36.8 cm³/mol. The molecule has 1 N–H and O–H groups in total. The minimum atomic E-state index is -3.15. The van der Waals surface area contributed by atoms with Crippen LogP contribution < -0.4 is 0 Å². The van der Waals surface area contributed by atoms with Gasteiger partial charge in [0, 0.05) is 0 Å². The largest absolute Gasteiger partial charge is 0.388 e. The Hall–Kier alpha value is 0.130. The van der Waals surface area contributed by atoms with E-state index in [1.54, 1.807) is 0 Å². The van der Waals surface area contributed by atoms with Crippen LogP contribution in [-0.2, 0) is 9.84 Å². The van der Waals surface area contributed by atoms with Gasteiger partial charge in [0.25, 0.3) is 0 Å². The number of aliphatic hydroxyl groups is 1. The lowest BCUT2D eigenvalue weighted by atomic mass is 10.4. The van der Waals surface area contributed by atoms with E-state index in [-0.39, 0.29) is 9.57 Å². The summed E-state index contributed by atoms with van der Waals surface area (Å²) in [6.45, 7) is 0. The van der Waals surface area contributed by atoms with Gasteiger partial charge in [-0.05, 0) is 22.0 Å². The molecule has 1 rings (SSSR count). The zero-order valence-corrected chi connectivity index (χ0v) is 6.81. The maximum Gasteiger partial charge on any atom is 0.187 e. The molecule has 0 spiro atoms. The molecule has 0 bridgehead atoms. The highest BCUT2D eigenvalue weighted by Crippen LogP contribution is 2.23. The van der Waals surface area contributed by atoms with Crippen molar-refractivity contribution >= 4 is 25.8 Å². The highest BCUT2D eigenvalue weighted by Gasteiger charge is 2.26. The quantitative estimate of drug-likeness (QED) is 0.616. The summed E-state index contributed by atoms with van der Waals surface area (Å²) in [5.74, 6) is -0.187. The van der Waals surface area contributed by atoms with Crippen LogP contribution in [0.3, 0.4) is 0 Å². The van der Waals surface area contributed by atoms with Crippen molar-refractivity contribution in [1.29, 1.82) is 0 Å². The molecule has 0 aromatic rings. The van der Waals surface area contributed by atoms with Crippen molar-refractivity contribution in [3.63, 3.8) is 0 Å². The number of hydrogen-bond donors (Lipinski definition) is 1. The normalized spacial score (nSPS) is 32.2. The zero-order chi connectivity index (χ0) is 7.07. The van der Waals surface area contributed by atoms with Gasteiger partial charge in [0.2, 0.25) is 0 Å². The molecule has 0 saturated heterocycles. The molecule has 9 heavy (non-hydrogen) atoms. The summed E-state index contributed by atoms with van der Waals surface area (Å²) in [6.07, 6.45) is 0.444. The number of sulfone groups is 1. The average Bonchev–Trinajstić information content (AvgIpc) is 1.79. The molecule has 52 valence electrons. The molecule has 1 atom stereocenters. The Labute approximate surface area is 61.4 Å². The monoisotopic (exact) mass is 212 g/mol. The first-order chi connectivity index (χ1) is 4.02. The van der Waals surface area contributed by atoms with Crippen LogP contribution in [0.25, 0.3) is 0 Å². The number of rotatable bonds is 0. The van der Waals surface area contributed by atoms with Crippen molar-refractivity contribution in [2.24, 2.45) is 0 Å². The van der Waals surface area contributed by atoms with E-state index in [2.05, 4.69) is 15.9 Å². The molecular formula is C4H5BrO3S. The van der Waals surface area contributed by atoms with E-state index in [4.69, 9.17) is 5.11 Å². The number of aliphatic hydroxyl groups excluding tert-OH is 1. The molecule has 5 heteroatoms. The molecule has 0 aliphatic carbocycles. The topological polar surface area (TPSA) is 54.4 Å². The summed E-state index contributed by atoms with van der Waals surface area (Å²) in [5, 5.41) is 8.75. The van der Waals surface area contributed by atoms with Crippen molar-refractivity contribution < 1.29 is 13.5 Å². The van der Waals surface area contributed by atoms with Crippen LogP contribution in [0.15, 0.2) is 9.89 Å². The third kappa shape index (κ3) is 1.33. The van der Waals surface area contributed by atoms with Crippen molar-refractivity contribution in [2.75, 3.05) is 5.75 Å². The van der Waals surface area contributed by atoms with Crippen LogP contribution in [0.2, 0.25) is 0 Å².